The first-order valence-electron chi connectivity index (χ1n) is 11.4. The molecule has 7 heteroatoms. The van der Waals surface area contributed by atoms with E-state index in [-0.39, 0.29) is 25.0 Å². The smallest absolute Gasteiger partial charge is 0.261 e. The summed E-state index contributed by atoms with van der Waals surface area (Å²) in [5, 5.41) is 3.47. The Balaban J connectivity index is 1.93. The van der Waals surface area contributed by atoms with Crippen LogP contribution in [0.25, 0.3) is 0 Å². The van der Waals surface area contributed by atoms with Gasteiger partial charge in [-0.15, -0.1) is 0 Å². The van der Waals surface area contributed by atoms with Crippen LogP contribution >= 0.6 is 27.5 Å². The van der Waals surface area contributed by atoms with Crippen molar-refractivity contribution in [3.05, 3.63) is 99.5 Å². The number of carbonyl (C=O) groups excluding carboxylic acids is 2. The molecule has 1 atom stereocenters. The summed E-state index contributed by atoms with van der Waals surface area (Å²) in [6, 6.07) is 23.7. The molecule has 0 saturated heterocycles. The van der Waals surface area contributed by atoms with Gasteiger partial charge in [-0.2, -0.15) is 0 Å². The Labute approximate surface area is 220 Å². The van der Waals surface area contributed by atoms with Crippen LogP contribution in [0.5, 0.6) is 5.75 Å². The van der Waals surface area contributed by atoms with Crippen LogP contribution in [0.15, 0.2) is 83.3 Å². The highest BCUT2D eigenvalue weighted by molar-refractivity contribution is 9.10. The Morgan fingerprint density at radius 2 is 1.57 bits per heavy atom. The lowest BCUT2D eigenvalue weighted by atomic mass is 10.0. The van der Waals surface area contributed by atoms with E-state index in [0.29, 0.717) is 17.2 Å². The molecule has 35 heavy (non-hydrogen) atoms. The number of carbonyl (C=O) groups is 2. The van der Waals surface area contributed by atoms with Gasteiger partial charge >= 0.3 is 0 Å². The van der Waals surface area contributed by atoms with Gasteiger partial charge in [-0.25, -0.2) is 0 Å². The molecule has 3 rings (SSSR count). The third-order valence-corrected chi connectivity index (χ3v) is 6.06. The van der Waals surface area contributed by atoms with Crippen LogP contribution in [-0.2, 0) is 22.6 Å². The van der Waals surface area contributed by atoms with Crippen molar-refractivity contribution >= 4 is 39.3 Å². The molecule has 184 valence electrons. The molecular formula is C28H30BrClN2O3. The molecule has 0 fully saturated rings. The fraction of sp³-hybridized carbons (Fsp3) is 0.286. The minimum Gasteiger partial charge on any atom is -0.482 e. The third-order valence-electron chi connectivity index (χ3n) is 5.22. The number of amides is 2. The van der Waals surface area contributed by atoms with Crippen molar-refractivity contribution in [2.75, 3.05) is 6.61 Å². The molecule has 5 nitrogen and oxygen atoms in total. The van der Waals surface area contributed by atoms with Gasteiger partial charge < -0.3 is 15.0 Å². The van der Waals surface area contributed by atoms with Crippen LogP contribution < -0.4 is 10.1 Å². The highest BCUT2D eigenvalue weighted by Crippen LogP contribution is 2.24. The standard InChI is InChI=1S/C28H30BrClN2O3/c1-28(2,3)31-27(34)24(17-20-9-5-4-6-10-20)32(18-21-13-15-22(29)16-14-21)26(33)19-35-25-12-8-7-11-23(25)30/h4-16,24H,17-19H2,1-3H3,(H,31,34)/t24-/m1/s1. The van der Waals surface area contributed by atoms with E-state index in [1.54, 1.807) is 29.2 Å². The van der Waals surface area contributed by atoms with Crippen LogP contribution in [0.1, 0.15) is 31.9 Å². The zero-order valence-corrected chi connectivity index (χ0v) is 22.5. The number of hydrogen-bond acceptors (Lipinski definition) is 3. The minimum absolute atomic E-state index is 0.218. The van der Waals surface area contributed by atoms with Crippen molar-refractivity contribution in [2.45, 2.75) is 45.3 Å². The van der Waals surface area contributed by atoms with Gasteiger partial charge in [0.25, 0.3) is 5.91 Å². The fourth-order valence-electron chi connectivity index (χ4n) is 3.58. The van der Waals surface area contributed by atoms with Gasteiger partial charge in [-0.05, 0) is 56.2 Å². The zero-order valence-electron chi connectivity index (χ0n) is 20.1. The summed E-state index contributed by atoms with van der Waals surface area (Å²) < 4.78 is 6.69. The van der Waals surface area contributed by atoms with Crippen molar-refractivity contribution in [1.82, 2.24) is 10.2 Å². The predicted molar refractivity (Wildman–Crippen MR) is 143 cm³/mol. The van der Waals surface area contributed by atoms with Gasteiger partial charge in [0.05, 0.1) is 5.02 Å². The summed E-state index contributed by atoms with van der Waals surface area (Å²) in [5.74, 6) is -0.104. The Bertz CT molecular complexity index is 1130. The third kappa shape index (κ3) is 8.41. The van der Waals surface area contributed by atoms with Gasteiger partial charge in [0.1, 0.15) is 11.8 Å². The number of benzene rings is 3. The number of nitrogens with one attached hydrogen (secondary N) is 1. The summed E-state index contributed by atoms with van der Waals surface area (Å²) >= 11 is 9.66. The molecular weight excluding hydrogens is 528 g/mol. The van der Waals surface area contributed by atoms with Crippen molar-refractivity contribution in [3.63, 3.8) is 0 Å². The number of ether oxygens (including phenoxy) is 1. The molecule has 0 aliphatic carbocycles. The van der Waals surface area contributed by atoms with E-state index in [1.807, 2.05) is 75.4 Å². The summed E-state index contributed by atoms with van der Waals surface area (Å²) in [6.07, 6.45) is 0.372. The lowest BCUT2D eigenvalue weighted by Crippen LogP contribution is -2.55. The average molecular weight is 558 g/mol. The Hall–Kier alpha value is -2.83. The normalized spacial score (nSPS) is 12.0. The Morgan fingerprint density at radius 3 is 2.20 bits per heavy atom. The molecule has 0 bridgehead atoms. The molecule has 0 unspecified atom stereocenters. The number of nitrogens with zero attached hydrogens (tertiary/aromatic N) is 1. The molecule has 0 spiro atoms. The Morgan fingerprint density at radius 1 is 0.943 bits per heavy atom. The Kier molecular flexibility index (Phi) is 9.35. The molecule has 3 aromatic carbocycles. The van der Waals surface area contributed by atoms with E-state index in [4.69, 9.17) is 16.3 Å². The maximum atomic E-state index is 13.6. The summed E-state index contributed by atoms with van der Waals surface area (Å²) in [6.45, 7) is 5.78. The van der Waals surface area contributed by atoms with Crippen LogP contribution in [-0.4, -0.2) is 34.9 Å². The predicted octanol–water partition coefficient (Wildman–Crippen LogP) is 6.04. The van der Waals surface area contributed by atoms with E-state index < -0.39 is 11.6 Å². The second-order valence-corrected chi connectivity index (χ2v) is 10.6. The fourth-order valence-corrected chi connectivity index (χ4v) is 4.03. The first-order valence-corrected chi connectivity index (χ1v) is 12.6. The van der Waals surface area contributed by atoms with E-state index in [0.717, 1.165) is 15.6 Å². The summed E-state index contributed by atoms with van der Waals surface area (Å²) in [5.41, 5.74) is 1.41. The maximum absolute atomic E-state index is 13.6. The lowest BCUT2D eigenvalue weighted by molar-refractivity contribution is -0.143. The average Bonchev–Trinajstić information content (AvgIpc) is 2.81. The van der Waals surface area contributed by atoms with Crippen molar-refractivity contribution in [1.29, 1.82) is 0 Å². The highest BCUT2D eigenvalue weighted by atomic mass is 79.9. The first-order chi connectivity index (χ1) is 16.6. The maximum Gasteiger partial charge on any atom is 0.261 e. The molecule has 2 amide bonds. The number of rotatable bonds is 9. The summed E-state index contributed by atoms with van der Waals surface area (Å²) in [7, 11) is 0. The minimum atomic E-state index is -0.734. The highest BCUT2D eigenvalue weighted by Gasteiger charge is 2.32. The van der Waals surface area contributed by atoms with Crippen molar-refractivity contribution in [2.24, 2.45) is 0 Å². The van der Waals surface area contributed by atoms with Gasteiger partial charge in [-0.3, -0.25) is 9.59 Å². The van der Waals surface area contributed by atoms with Crippen LogP contribution in [0.2, 0.25) is 5.02 Å². The van der Waals surface area contributed by atoms with Crippen molar-refractivity contribution in [3.8, 4) is 5.75 Å². The number of hydrogen-bond donors (Lipinski definition) is 1. The quantitative estimate of drug-likeness (QED) is 0.349. The van der Waals surface area contributed by atoms with E-state index in [2.05, 4.69) is 21.2 Å². The molecule has 0 aliphatic heterocycles. The monoisotopic (exact) mass is 556 g/mol. The second kappa shape index (κ2) is 12.2. The van der Waals surface area contributed by atoms with Crippen LogP contribution in [0.4, 0.5) is 0 Å². The number of halogens is 2. The lowest BCUT2D eigenvalue weighted by Gasteiger charge is -2.33. The number of para-hydroxylation sites is 1. The van der Waals surface area contributed by atoms with Gasteiger partial charge in [0.2, 0.25) is 5.91 Å². The molecule has 0 radical (unpaired) electrons. The van der Waals surface area contributed by atoms with Crippen molar-refractivity contribution < 1.29 is 14.3 Å². The molecule has 1 N–H and O–H groups in total. The molecule has 3 aromatic rings. The second-order valence-electron chi connectivity index (χ2n) is 9.31. The molecule has 0 heterocycles. The van der Waals surface area contributed by atoms with Gasteiger partial charge in [-0.1, -0.05) is 82.1 Å². The molecule has 0 aliphatic rings. The SMILES string of the molecule is CC(C)(C)NC(=O)[C@@H](Cc1ccccc1)N(Cc1ccc(Br)cc1)C(=O)COc1ccccc1Cl. The first kappa shape index (κ1) is 26.8. The van der Waals surface area contributed by atoms with E-state index in [1.165, 1.54) is 0 Å². The van der Waals surface area contributed by atoms with E-state index in [9.17, 15) is 9.59 Å². The van der Waals surface area contributed by atoms with Crippen LogP contribution in [0, 0.1) is 0 Å². The van der Waals surface area contributed by atoms with Gasteiger partial charge in [0, 0.05) is 23.0 Å². The molecule has 0 aromatic heterocycles. The zero-order chi connectivity index (χ0) is 25.4. The van der Waals surface area contributed by atoms with Crippen LogP contribution in [0.3, 0.4) is 0 Å². The summed E-state index contributed by atoms with van der Waals surface area (Å²) in [4.78, 5) is 28.7. The largest absolute Gasteiger partial charge is 0.482 e. The van der Waals surface area contributed by atoms with Gasteiger partial charge in [0.15, 0.2) is 6.61 Å². The van der Waals surface area contributed by atoms with E-state index >= 15 is 0 Å². The topological polar surface area (TPSA) is 58.6 Å². The molecule has 0 saturated carbocycles.